The molecule has 0 heterocycles. The lowest BCUT2D eigenvalue weighted by Crippen LogP contribution is -2.50. The van der Waals surface area contributed by atoms with E-state index in [4.69, 9.17) is 16.3 Å². The van der Waals surface area contributed by atoms with Crippen molar-refractivity contribution in [3.05, 3.63) is 101 Å². The first kappa shape index (κ1) is 25.3. The summed E-state index contributed by atoms with van der Waals surface area (Å²) in [5, 5.41) is 3.54. The fourth-order valence-electron chi connectivity index (χ4n) is 3.71. The molecule has 3 aromatic carbocycles. The molecule has 0 unspecified atom stereocenters. The Morgan fingerprint density at radius 1 is 0.912 bits per heavy atom. The van der Waals surface area contributed by atoms with Crippen molar-refractivity contribution in [3.63, 3.8) is 0 Å². The standard InChI is InChI=1S/C28H31ClN2O3/c1-2-30-28(33)26(20-22-10-5-3-6-11-22)31(21-23-15-17-24(29)18-16-23)27(32)14-9-19-34-25-12-7-4-8-13-25/h3-8,10-13,15-18,26H,2,9,14,19-21H2,1H3,(H,30,33)/t26-/m1/s1. The molecule has 0 fully saturated rings. The summed E-state index contributed by atoms with van der Waals surface area (Å²) >= 11 is 6.05. The summed E-state index contributed by atoms with van der Waals surface area (Å²) < 4.78 is 5.75. The van der Waals surface area contributed by atoms with Gasteiger partial charge in [-0.05, 0) is 48.7 Å². The van der Waals surface area contributed by atoms with Crippen molar-refractivity contribution in [2.75, 3.05) is 13.2 Å². The molecule has 3 rings (SSSR count). The van der Waals surface area contributed by atoms with Crippen molar-refractivity contribution in [2.45, 2.75) is 38.8 Å². The molecular weight excluding hydrogens is 448 g/mol. The van der Waals surface area contributed by atoms with Crippen LogP contribution in [0.25, 0.3) is 0 Å². The van der Waals surface area contributed by atoms with Gasteiger partial charge in [-0.25, -0.2) is 0 Å². The summed E-state index contributed by atoms with van der Waals surface area (Å²) in [7, 11) is 0. The van der Waals surface area contributed by atoms with E-state index in [1.54, 1.807) is 17.0 Å². The summed E-state index contributed by atoms with van der Waals surface area (Å²) in [6, 6.07) is 26.0. The van der Waals surface area contributed by atoms with Crippen LogP contribution in [-0.2, 0) is 22.6 Å². The third-order valence-corrected chi connectivity index (χ3v) is 5.69. The Morgan fingerprint density at radius 3 is 2.21 bits per heavy atom. The zero-order valence-corrected chi connectivity index (χ0v) is 20.2. The van der Waals surface area contributed by atoms with Gasteiger partial charge in [0.15, 0.2) is 0 Å². The summed E-state index contributed by atoms with van der Waals surface area (Å²) in [6.07, 6.45) is 1.27. The van der Waals surface area contributed by atoms with Crippen molar-refractivity contribution in [1.29, 1.82) is 0 Å². The highest BCUT2D eigenvalue weighted by Crippen LogP contribution is 2.18. The maximum Gasteiger partial charge on any atom is 0.243 e. The Morgan fingerprint density at radius 2 is 1.56 bits per heavy atom. The van der Waals surface area contributed by atoms with Crippen LogP contribution in [0.15, 0.2) is 84.9 Å². The van der Waals surface area contributed by atoms with Crippen LogP contribution in [-0.4, -0.2) is 35.9 Å². The minimum absolute atomic E-state index is 0.0844. The third-order valence-electron chi connectivity index (χ3n) is 5.44. The molecule has 0 spiro atoms. The van der Waals surface area contributed by atoms with E-state index >= 15 is 0 Å². The van der Waals surface area contributed by atoms with Crippen molar-refractivity contribution in [1.82, 2.24) is 10.2 Å². The van der Waals surface area contributed by atoms with Gasteiger partial charge in [-0.2, -0.15) is 0 Å². The van der Waals surface area contributed by atoms with Gasteiger partial charge < -0.3 is 15.0 Å². The van der Waals surface area contributed by atoms with Gasteiger partial charge in [-0.1, -0.05) is 72.3 Å². The van der Waals surface area contributed by atoms with Crippen LogP contribution in [0.1, 0.15) is 30.9 Å². The molecule has 34 heavy (non-hydrogen) atoms. The normalized spacial score (nSPS) is 11.5. The van der Waals surface area contributed by atoms with E-state index in [-0.39, 0.29) is 18.2 Å². The van der Waals surface area contributed by atoms with Crippen LogP contribution in [0.5, 0.6) is 5.75 Å². The zero-order chi connectivity index (χ0) is 24.2. The Labute approximate surface area is 206 Å². The van der Waals surface area contributed by atoms with Crippen LogP contribution >= 0.6 is 11.6 Å². The zero-order valence-electron chi connectivity index (χ0n) is 19.5. The number of nitrogens with zero attached hydrogens (tertiary/aromatic N) is 1. The summed E-state index contributed by atoms with van der Waals surface area (Å²) in [5.74, 6) is 0.533. The molecule has 0 aromatic heterocycles. The number of likely N-dealkylation sites (N-methyl/N-ethyl adjacent to an activating group) is 1. The SMILES string of the molecule is CCNC(=O)[C@@H](Cc1ccccc1)N(Cc1ccc(Cl)cc1)C(=O)CCCOc1ccccc1. The van der Waals surface area contributed by atoms with Crippen molar-refractivity contribution < 1.29 is 14.3 Å². The Hall–Kier alpha value is -3.31. The molecule has 0 aliphatic carbocycles. The van der Waals surface area contributed by atoms with E-state index in [2.05, 4.69) is 5.32 Å². The van der Waals surface area contributed by atoms with Gasteiger partial charge in [0.2, 0.25) is 11.8 Å². The highest BCUT2D eigenvalue weighted by Gasteiger charge is 2.29. The first-order chi connectivity index (χ1) is 16.6. The van der Waals surface area contributed by atoms with E-state index in [1.807, 2.05) is 79.7 Å². The van der Waals surface area contributed by atoms with Gasteiger partial charge in [-0.3, -0.25) is 9.59 Å². The molecule has 6 heteroatoms. The van der Waals surface area contributed by atoms with Crippen LogP contribution < -0.4 is 10.1 Å². The van der Waals surface area contributed by atoms with Gasteiger partial charge in [0, 0.05) is 31.0 Å². The number of para-hydroxylation sites is 1. The maximum atomic E-state index is 13.4. The highest BCUT2D eigenvalue weighted by molar-refractivity contribution is 6.30. The quantitative estimate of drug-likeness (QED) is 0.360. The van der Waals surface area contributed by atoms with Gasteiger partial charge in [-0.15, -0.1) is 0 Å². The van der Waals surface area contributed by atoms with E-state index in [1.165, 1.54) is 0 Å². The fraction of sp³-hybridized carbons (Fsp3) is 0.286. The molecule has 3 aromatic rings. The smallest absolute Gasteiger partial charge is 0.243 e. The second-order valence-electron chi connectivity index (χ2n) is 8.01. The number of nitrogens with one attached hydrogen (secondary N) is 1. The molecule has 178 valence electrons. The number of benzene rings is 3. The molecule has 0 bridgehead atoms. The van der Waals surface area contributed by atoms with Crippen LogP contribution in [0.3, 0.4) is 0 Å². The summed E-state index contributed by atoms with van der Waals surface area (Å²) in [5.41, 5.74) is 1.92. The van der Waals surface area contributed by atoms with E-state index in [0.717, 1.165) is 16.9 Å². The Kier molecular flexibility index (Phi) is 9.98. The molecule has 5 nitrogen and oxygen atoms in total. The van der Waals surface area contributed by atoms with Crippen molar-refractivity contribution in [2.24, 2.45) is 0 Å². The molecule has 0 aliphatic heterocycles. The number of ether oxygens (including phenoxy) is 1. The van der Waals surface area contributed by atoms with Gasteiger partial charge in [0.25, 0.3) is 0 Å². The topological polar surface area (TPSA) is 58.6 Å². The van der Waals surface area contributed by atoms with Gasteiger partial charge in [0.05, 0.1) is 6.61 Å². The lowest BCUT2D eigenvalue weighted by atomic mass is 10.0. The molecule has 0 aliphatic rings. The van der Waals surface area contributed by atoms with Gasteiger partial charge in [0.1, 0.15) is 11.8 Å². The molecular formula is C28H31ClN2O3. The number of carbonyl (C=O) groups excluding carboxylic acids is 2. The molecule has 0 saturated carbocycles. The second kappa shape index (κ2) is 13.4. The minimum Gasteiger partial charge on any atom is -0.494 e. The van der Waals surface area contributed by atoms with Crippen molar-refractivity contribution in [3.8, 4) is 5.75 Å². The Bertz CT molecular complexity index is 1030. The first-order valence-corrected chi connectivity index (χ1v) is 12.0. The second-order valence-corrected chi connectivity index (χ2v) is 8.45. The van der Waals surface area contributed by atoms with Gasteiger partial charge >= 0.3 is 0 Å². The van der Waals surface area contributed by atoms with E-state index in [0.29, 0.717) is 37.6 Å². The van der Waals surface area contributed by atoms with Crippen LogP contribution in [0.2, 0.25) is 5.02 Å². The number of hydrogen-bond donors (Lipinski definition) is 1. The predicted molar refractivity (Wildman–Crippen MR) is 136 cm³/mol. The molecule has 0 saturated heterocycles. The Balaban J connectivity index is 1.76. The number of hydrogen-bond acceptors (Lipinski definition) is 3. The van der Waals surface area contributed by atoms with E-state index < -0.39 is 6.04 Å². The minimum atomic E-state index is -0.624. The fourth-order valence-corrected chi connectivity index (χ4v) is 3.83. The lowest BCUT2D eigenvalue weighted by molar-refractivity contribution is -0.141. The molecule has 0 radical (unpaired) electrons. The average Bonchev–Trinajstić information content (AvgIpc) is 2.86. The number of amides is 2. The lowest BCUT2D eigenvalue weighted by Gasteiger charge is -2.31. The largest absolute Gasteiger partial charge is 0.494 e. The molecule has 1 atom stereocenters. The highest BCUT2D eigenvalue weighted by atomic mass is 35.5. The van der Waals surface area contributed by atoms with Crippen molar-refractivity contribution >= 4 is 23.4 Å². The first-order valence-electron chi connectivity index (χ1n) is 11.6. The number of rotatable bonds is 12. The van der Waals surface area contributed by atoms with Crippen LogP contribution in [0, 0.1) is 0 Å². The predicted octanol–water partition coefficient (Wildman–Crippen LogP) is 5.28. The number of carbonyl (C=O) groups is 2. The molecule has 1 N–H and O–H groups in total. The van der Waals surface area contributed by atoms with Crippen LogP contribution in [0.4, 0.5) is 0 Å². The van der Waals surface area contributed by atoms with E-state index in [9.17, 15) is 9.59 Å². The molecule has 2 amide bonds. The summed E-state index contributed by atoms with van der Waals surface area (Å²) in [6.45, 7) is 3.13. The monoisotopic (exact) mass is 478 g/mol. The third kappa shape index (κ3) is 7.92. The summed E-state index contributed by atoms with van der Waals surface area (Å²) in [4.78, 5) is 28.2. The average molecular weight is 479 g/mol. The maximum absolute atomic E-state index is 13.4. The number of halogens is 1.